The van der Waals surface area contributed by atoms with E-state index in [0.717, 1.165) is 13.2 Å². The summed E-state index contributed by atoms with van der Waals surface area (Å²) in [4.78, 5) is 16.1. The molecular weight excluding hydrogens is 401 g/mol. The number of fused-ring (bicyclic) bond motifs is 1. The van der Waals surface area contributed by atoms with Crippen LogP contribution in [0.2, 0.25) is 0 Å². The quantitative estimate of drug-likeness (QED) is 0.645. The maximum atomic E-state index is 13.8. The van der Waals surface area contributed by atoms with Crippen LogP contribution in [0.3, 0.4) is 0 Å². The van der Waals surface area contributed by atoms with Gasteiger partial charge in [-0.1, -0.05) is 25.1 Å². The first-order valence-corrected chi connectivity index (χ1v) is 9.29. The van der Waals surface area contributed by atoms with Crippen molar-refractivity contribution >= 4 is 11.8 Å². The summed E-state index contributed by atoms with van der Waals surface area (Å²) in [5.74, 6) is -0.929. The number of halogens is 3. The molecule has 0 aliphatic carbocycles. The second-order valence-electron chi connectivity index (χ2n) is 6.61. The molecule has 9 heteroatoms. The number of carbonyl (C=O) groups excluding carboxylic acids is 1. The first-order valence-electron chi connectivity index (χ1n) is 9.29. The van der Waals surface area contributed by atoms with Crippen LogP contribution < -0.4 is 10.1 Å². The molecule has 2 aromatic rings. The van der Waals surface area contributed by atoms with Gasteiger partial charge in [-0.05, 0) is 31.0 Å². The molecule has 160 valence electrons. The molecule has 1 atom stereocenters. The van der Waals surface area contributed by atoms with Gasteiger partial charge in [-0.2, -0.15) is 13.2 Å². The molecule has 1 aromatic heterocycles. The van der Waals surface area contributed by atoms with Gasteiger partial charge < -0.3 is 19.5 Å². The standard InChI is InChI=1S/C21H21F3N2O4/c1-4-11-29-19-17-15(9-10-25-19)26-12(2)18(30-20(27)28-3)16(17)13-7-5-6-8-14(13)21(22,23)24/h5-10,16,26H,4,11H2,1-3H3. The Labute approximate surface area is 171 Å². The molecule has 1 unspecified atom stereocenters. The Hall–Kier alpha value is -3.23. The molecule has 0 radical (unpaired) electrons. The number of alkyl halides is 3. The fraction of sp³-hybridized carbons (Fsp3) is 0.333. The Morgan fingerprint density at radius 2 is 1.97 bits per heavy atom. The topological polar surface area (TPSA) is 69.7 Å². The second-order valence-corrected chi connectivity index (χ2v) is 6.61. The number of ether oxygens (including phenoxy) is 3. The van der Waals surface area contributed by atoms with Crippen LogP contribution >= 0.6 is 0 Å². The lowest BCUT2D eigenvalue weighted by Crippen LogP contribution is -2.25. The molecule has 0 amide bonds. The maximum Gasteiger partial charge on any atom is 0.513 e. The molecular formula is C21H21F3N2O4. The van der Waals surface area contributed by atoms with Crippen molar-refractivity contribution in [2.24, 2.45) is 0 Å². The van der Waals surface area contributed by atoms with Gasteiger partial charge >= 0.3 is 12.3 Å². The number of rotatable bonds is 5. The van der Waals surface area contributed by atoms with Crippen molar-refractivity contribution < 1.29 is 32.2 Å². The van der Waals surface area contributed by atoms with Crippen molar-refractivity contribution in [3.8, 4) is 5.88 Å². The number of benzene rings is 1. The van der Waals surface area contributed by atoms with E-state index in [0.29, 0.717) is 30.0 Å². The highest BCUT2D eigenvalue weighted by Crippen LogP contribution is 2.48. The molecule has 0 saturated heterocycles. The van der Waals surface area contributed by atoms with E-state index in [1.165, 1.54) is 24.4 Å². The average Bonchev–Trinajstić information content (AvgIpc) is 2.72. The van der Waals surface area contributed by atoms with Crippen LogP contribution in [0.25, 0.3) is 0 Å². The first-order chi connectivity index (χ1) is 14.3. The molecule has 0 bridgehead atoms. The van der Waals surface area contributed by atoms with Crippen LogP contribution in [0.4, 0.5) is 23.7 Å². The van der Waals surface area contributed by atoms with Crippen LogP contribution in [0.15, 0.2) is 48.0 Å². The Balaban J connectivity index is 2.27. The molecule has 0 spiro atoms. The number of nitrogens with zero attached hydrogens (tertiary/aromatic N) is 1. The summed E-state index contributed by atoms with van der Waals surface area (Å²) in [5, 5.41) is 3.06. The molecule has 2 heterocycles. The number of hydrogen-bond acceptors (Lipinski definition) is 6. The van der Waals surface area contributed by atoms with Gasteiger partial charge in [0.15, 0.2) is 0 Å². The van der Waals surface area contributed by atoms with Gasteiger partial charge in [0.1, 0.15) is 5.76 Å². The van der Waals surface area contributed by atoms with Gasteiger partial charge in [-0.15, -0.1) is 0 Å². The van der Waals surface area contributed by atoms with Gasteiger partial charge in [-0.3, -0.25) is 0 Å². The normalized spacial score (nSPS) is 15.9. The number of nitrogens with one attached hydrogen (secondary N) is 1. The lowest BCUT2D eigenvalue weighted by Gasteiger charge is -2.32. The summed E-state index contributed by atoms with van der Waals surface area (Å²) < 4.78 is 57.1. The van der Waals surface area contributed by atoms with Crippen LogP contribution in [0, 0.1) is 0 Å². The summed E-state index contributed by atoms with van der Waals surface area (Å²) in [6, 6.07) is 6.79. The Bertz CT molecular complexity index is 973. The fourth-order valence-corrected chi connectivity index (χ4v) is 3.34. The van der Waals surface area contributed by atoms with Crippen molar-refractivity contribution in [1.29, 1.82) is 0 Å². The zero-order chi connectivity index (χ0) is 21.9. The first kappa shape index (κ1) is 21.5. The lowest BCUT2D eigenvalue weighted by atomic mass is 9.83. The smallest absolute Gasteiger partial charge is 0.477 e. The Morgan fingerprint density at radius 3 is 2.63 bits per heavy atom. The largest absolute Gasteiger partial charge is 0.513 e. The Morgan fingerprint density at radius 1 is 1.23 bits per heavy atom. The molecule has 1 aromatic carbocycles. The summed E-state index contributed by atoms with van der Waals surface area (Å²) in [7, 11) is 1.12. The third-order valence-electron chi connectivity index (χ3n) is 4.58. The number of methoxy groups -OCH3 is 1. The molecule has 0 fully saturated rings. The number of pyridine rings is 1. The molecule has 1 aliphatic rings. The van der Waals surface area contributed by atoms with E-state index in [1.54, 1.807) is 13.0 Å². The number of anilines is 1. The predicted molar refractivity (Wildman–Crippen MR) is 103 cm³/mol. The zero-order valence-electron chi connectivity index (χ0n) is 16.7. The van der Waals surface area contributed by atoms with Crippen LogP contribution in [0.5, 0.6) is 5.88 Å². The molecule has 1 aliphatic heterocycles. The van der Waals surface area contributed by atoms with Gasteiger partial charge in [0, 0.05) is 11.9 Å². The highest BCUT2D eigenvalue weighted by Gasteiger charge is 2.41. The predicted octanol–water partition coefficient (Wildman–Crippen LogP) is 5.46. The zero-order valence-corrected chi connectivity index (χ0v) is 16.7. The number of hydrogen-bond donors (Lipinski definition) is 1. The minimum Gasteiger partial charge on any atom is -0.477 e. The van der Waals surface area contributed by atoms with Crippen molar-refractivity contribution in [3.05, 3.63) is 64.7 Å². The monoisotopic (exact) mass is 422 g/mol. The van der Waals surface area contributed by atoms with Crippen molar-refractivity contribution in [2.75, 3.05) is 19.0 Å². The molecule has 0 saturated carbocycles. The van der Waals surface area contributed by atoms with E-state index in [4.69, 9.17) is 9.47 Å². The van der Waals surface area contributed by atoms with Gasteiger partial charge in [0.25, 0.3) is 0 Å². The SMILES string of the molecule is CCCOc1nccc2c1C(c1ccccc1C(F)(F)F)C(OC(=O)OC)=C(C)N2. The Kier molecular flexibility index (Phi) is 6.19. The maximum absolute atomic E-state index is 13.8. The van der Waals surface area contributed by atoms with E-state index in [-0.39, 0.29) is 17.2 Å². The van der Waals surface area contributed by atoms with Crippen LogP contribution in [-0.2, 0) is 15.7 Å². The summed E-state index contributed by atoms with van der Waals surface area (Å²) in [6.45, 7) is 3.84. The van der Waals surface area contributed by atoms with Crippen molar-refractivity contribution in [1.82, 2.24) is 4.98 Å². The van der Waals surface area contributed by atoms with Crippen molar-refractivity contribution in [3.63, 3.8) is 0 Å². The van der Waals surface area contributed by atoms with Gasteiger partial charge in [0.05, 0.1) is 36.5 Å². The highest BCUT2D eigenvalue weighted by molar-refractivity contribution is 5.70. The number of allylic oxidation sites excluding steroid dienone is 2. The summed E-state index contributed by atoms with van der Waals surface area (Å²) >= 11 is 0. The average molecular weight is 422 g/mol. The van der Waals surface area contributed by atoms with Crippen LogP contribution in [-0.4, -0.2) is 24.9 Å². The molecule has 3 rings (SSSR count). The van der Waals surface area contributed by atoms with E-state index >= 15 is 0 Å². The minimum absolute atomic E-state index is 0.0135. The van der Waals surface area contributed by atoms with E-state index in [1.807, 2.05) is 6.92 Å². The summed E-state index contributed by atoms with van der Waals surface area (Å²) in [6.07, 6.45) is -3.46. The molecule has 30 heavy (non-hydrogen) atoms. The lowest BCUT2D eigenvalue weighted by molar-refractivity contribution is -0.138. The number of carbonyl (C=O) groups is 1. The van der Waals surface area contributed by atoms with Crippen molar-refractivity contribution in [2.45, 2.75) is 32.4 Å². The minimum atomic E-state index is -4.61. The van der Waals surface area contributed by atoms with Crippen LogP contribution in [0.1, 0.15) is 42.9 Å². The summed E-state index contributed by atoms with van der Waals surface area (Å²) in [5.41, 5.74) is 0.328. The third kappa shape index (κ3) is 4.19. The van der Waals surface area contributed by atoms with Gasteiger partial charge in [-0.25, -0.2) is 9.78 Å². The highest BCUT2D eigenvalue weighted by atomic mass is 19.4. The number of aromatic nitrogens is 1. The second kappa shape index (κ2) is 8.64. The van der Waals surface area contributed by atoms with Gasteiger partial charge in [0.2, 0.25) is 5.88 Å². The molecule has 6 nitrogen and oxygen atoms in total. The molecule has 1 N–H and O–H groups in total. The third-order valence-corrected chi connectivity index (χ3v) is 4.58. The van der Waals surface area contributed by atoms with E-state index < -0.39 is 23.8 Å². The van der Waals surface area contributed by atoms with E-state index in [2.05, 4.69) is 15.0 Å². The van der Waals surface area contributed by atoms with E-state index in [9.17, 15) is 18.0 Å². The fourth-order valence-electron chi connectivity index (χ4n) is 3.34.